The SMILES string of the molecule is c1cc(Nc2cc(-c3nc(N4CCNCC4)c4c(C5CC5)cncc4n3)ccn2)cc(C2CC2)c1. The first-order valence-electron chi connectivity index (χ1n) is 12.8. The molecule has 4 heterocycles. The lowest BCUT2D eigenvalue weighted by Gasteiger charge is -2.30. The summed E-state index contributed by atoms with van der Waals surface area (Å²) in [5.41, 5.74) is 5.66. The van der Waals surface area contributed by atoms with Crippen LogP contribution in [0.2, 0.25) is 0 Å². The Morgan fingerprint density at radius 3 is 2.60 bits per heavy atom. The van der Waals surface area contributed by atoms with Crippen molar-refractivity contribution < 1.29 is 0 Å². The van der Waals surface area contributed by atoms with E-state index in [1.165, 1.54) is 42.2 Å². The predicted octanol–water partition coefficient (Wildman–Crippen LogP) is 4.99. The van der Waals surface area contributed by atoms with Crippen LogP contribution in [0.15, 0.2) is 55.0 Å². The normalized spacial score (nSPS) is 18.1. The van der Waals surface area contributed by atoms with Crippen LogP contribution in [0, 0.1) is 0 Å². The Bertz CT molecular complexity index is 1390. The quantitative estimate of drug-likeness (QED) is 0.417. The van der Waals surface area contributed by atoms with Gasteiger partial charge in [0.05, 0.1) is 11.7 Å². The molecule has 0 spiro atoms. The first-order valence-corrected chi connectivity index (χ1v) is 12.8. The van der Waals surface area contributed by atoms with E-state index in [4.69, 9.17) is 9.97 Å². The van der Waals surface area contributed by atoms with Crippen LogP contribution < -0.4 is 15.5 Å². The van der Waals surface area contributed by atoms with Crippen molar-refractivity contribution in [3.05, 3.63) is 66.1 Å². The van der Waals surface area contributed by atoms with Crippen molar-refractivity contribution in [2.24, 2.45) is 0 Å². The molecule has 3 fully saturated rings. The maximum Gasteiger partial charge on any atom is 0.162 e. The number of rotatable bonds is 6. The molecule has 7 nitrogen and oxygen atoms in total. The standard InChI is InChI=1S/C28H29N7/c1-2-20(18-4-5-18)14-22(3-1)32-25-15-21(8-9-31-25)27-33-24-17-30-16-23(19-6-7-19)26(24)28(34-27)35-12-10-29-11-13-35/h1-3,8-9,14-19,29H,4-7,10-13H2,(H,31,32). The van der Waals surface area contributed by atoms with Crippen molar-refractivity contribution in [2.75, 3.05) is 36.4 Å². The molecule has 7 rings (SSSR count). The Hall–Kier alpha value is -3.58. The van der Waals surface area contributed by atoms with Gasteiger partial charge in [-0.2, -0.15) is 0 Å². The maximum absolute atomic E-state index is 5.16. The molecule has 0 unspecified atom stereocenters. The number of aromatic nitrogens is 4. The molecule has 2 aliphatic carbocycles. The second-order valence-corrected chi connectivity index (χ2v) is 9.96. The van der Waals surface area contributed by atoms with Crippen molar-refractivity contribution in [2.45, 2.75) is 37.5 Å². The summed E-state index contributed by atoms with van der Waals surface area (Å²) in [5, 5.41) is 8.13. The number of piperazine rings is 1. The minimum Gasteiger partial charge on any atom is -0.353 e. The molecule has 2 N–H and O–H groups in total. The van der Waals surface area contributed by atoms with E-state index in [0.29, 0.717) is 5.92 Å². The molecule has 4 aromatic rings. The van der Waals surface area contributed by atoms with Crippen molar-refractivity contribution >= 4 is 28.2 Å². The van der Waals surface area contributed by atoms with Gasteiger partial charge in [0, 0.05) is 55.2 Å². The molecule has 3 aliphatic rings. The summed E-state index contributed by atoms with van der Waals surface area (Å²) in [5.74, 6) is 3.87. The molecule has 0 atom stereocenters. The predicted molar refractivity (Wildman–Crippen MR) is 139 cm³/mol. The third kappa shape index (κ3) is 4.21. The maximum atomic E-state index is 5.16. The summed E-state index contributed by atoms with van der Waals surface area (Å²) < 4.78 is 0. The second kappa shape index (κ2) is 8.57. The van der Waals surface area contributed by atoms with E-state index < -0.39 is 0 Å². The molecule has 176 valence electrons. The van der Waals surface area contributed by atoms with Gasteiger partial charge in [0.15, 0.2) is 5.82 Å². The van der Waals surface area contributed by atoms with E-state index in [9.17, 15) is 0 Å². The van der Waals surface area contributed by atoms with Crippen LogP contribution in [0.5, 0.6) is 0 Å². The van der Waals surface area contributed by atoms with E-state index in [1.807, 2.05) is 30.7 Å². The van der Waals surface area contributed by atoms with Gasteiger partial charge in [0.1, 0.15) is 11.6 Å². The van der Waals surface area contributed by atoms with Gasteiger partial charge in [-0.05, 0) is 72.9 Å². The lowest BCUT2D eigenvalue weighted by atomic mass is 10.1. The fourth-order valence-corrected chi connectivity index (χ4v) is 5.10. The van der Waals surface area contributed by atoms with Crippen LogP contribution in [0.1, 0.15) is 48.6 Å². The van der Waals surface area contributed by atoms with E-state index in [-0.39, 0.29) is 0 Å². The Morgan fingerprint density at radius 1 is 0.914 bits per heavy atom. The fraction of sp³-hybridized carbons (Fsp3) is 0.357. The Kier molecular flexibility index (Phi) is 5.09. The highest BCUT2D eigenvalue weighted by Gasteiger charge is 2.29. The fourth-order valence-electron chi connectivity index (χ4n) is 5.10. The van der Waals surface area contributed by atoms with Crippen LogP contribution in [-0.2, 0) is 0 Å². The number of hydrogen-bond donors (Lipinski definition) is 2. The van der Waals surface area contributed by atoms with E-state index in [0.717, 1.165) is 66.3 Å². The highest BCUT2D eigenvalue weighted by atomic mass is 15.2. The average Bonchev–Trinajstić information content (AvgIpc) is 3.82. The van der Waals surface area contributed by atoms with Crippen LogP contribution in [0.4, 0.5) is 17.3 Å². The highest BCUT2D eigenvalue weighted by Crippen LogP contribution is 2.45. The largest absolute Gasteiger partial charge is 0.353 e. The summed E-state index contributed by atoms with van der Waals surface area (Å²) in [7, 11) is 0. The number of pyridine rings is 2. The van der Waals surface area contributed by atoms with Crippen LogP contribution in [-0.4, -0.2) is 46.1 Å². The summed E-state index contributed by atoms with van der Waals surface area (Å²) in [6.07, 6.45) is 10.8. The smallest absolute Gasteiger partial charge is 0.162 e. The monoisotopic (exact) mass is 463 g/mol. The molecule has 0 radical (unpaired) electrons. The van der Waals surface area contributed by atoms with Gasteiger partial charge in [0.2, 0.25) is 0 Å². The summed E-state index contributed by atoms with van der Waals surface area (Å²) in [6.45, 7) is 3.82. The summed E-state index contributed by atoms with van der Waals surface area (Å²) >= 11 is 0. The van der Waals surface area contributed by atoms with E-state index >= 15 is 0 Å². The van der Waals surface area contributed by atoms with Gasteiger partial charge >= 0.3 is 0 Å². The number of nitrogens with zero attached hydrogens (tertiary/aromatic N) is 5. The molecular formula is C28H29N7. The average molecular weight is 464 g/mol. The van der Waals surface area contributed by atoms with Gasteiger partial charge in [-0.15, -0.1) is 0 Å². The molecule has 0 amide bonds. The number of hydrogen-bond acceptors (Lipinski definition) is 7. The number of anilines is 3. The number of fused-ring (bicyclic) bond motifs is 1. The molecule has 1 aromatic carbocycles. The first kappa shape index (κ1) is 20.8. The first-order chi connectivity index (χ1) is 17.3. The van der Waals surface area contributed by atoms with E-state index in [1.54, 1.807) is 0 Å². The molecule has 2 saturated carbocycles. The zero-order valence-electron chi connectivity index (χ0n) is 19.7. The minimum atomic E-state index is 0.588. The third-order valence-electron chi connectivity index (χ3n) is 7.28. The molecule has 0 bridgehead atoms. The Balaban J connectivity index is 1.28. The second-order valence-electron chi connectivity index (χ2n) is 9.96. The molecular weight excluding hydrogens is 434 g/mol. The Morgan fingerprint density at radius 2 is 1.77 bits per heavy atom. The van der Waals surface area contributed by atoms with Crippen molar-refractivity contribution in [1.29, 1.82) is 0 Å². The molecule has 35 heavy (non-hydrogen) atoms. The van der Waals surface area contributed by atoms with Crippen LogP contribution >= 0.6 is 0 Å². The van der Waals surface area contributed by atoms with Crippen LogP contribution in [0.25, 0.3) is 22.3 Å². The van der Waals surface area contributed by atoms with Crippen molar-refractivity contribution in [3.63, 3.8) is 0 Å². The summed E-state index contributed by atoms with van der Waals surface area (Å²) in [4.78, 5) is 21.7. The third-order valence-corrected chi connectivity index (χ3v) is 7.28. The molecule has 1 saturated heterocycles. The van der Waals surface area contributed by atoms with Gasteiger partial charge in [0.25, 0.3) is 0 Å². The van der Waals surface area contributed by atoms with Crippen LogP contribution in [0.3, 0.4) is 0 Å². The van der Waals surface area contributed by atoms with E-state index in [2.05, 4.69) is 49.8 Å². The van der Waals surface area contributed by atoms with Gasteiger partial charge in [-0.3, -0.25) is 4.98 Å². The zero-order valence-corrected chi connectivity index (χ0v) is 19.7. The minimum absolute atomic E-state index is 0.588. The zero-order chi connectivity index (χ0) is 23.2. The van der Waals surface area contributed by atoms with Crippen molar-refractivity contribution in [3.8, 4) is 11.4 Å². The lowest BCUT2D eigenvalue weighted by Crippen LogP contribution is -2.44. The molecule has 3 aromatic heterocycles. The lowest BCUT2D eigenvalue weighted by molar-refractivity contribution is 0.586. The van der Waals surface area contributed by atoms with Crippen molar-refractivity contribution in [1.82, 2.24) is 25.3 Å². The van der Waals surface area contributed by atoms with Gasteiger partial charge in [-0.25, -0.2) is 15.0 Å². The summed E-state index contributed by atoms with van der Waals surface area (Å²) in [6, 6.07) is 12.7. The molecule has 7 heteroatoms. The van der Waals surface area contributed by atoms with Gasteiger partial charge < -0.3 is 15.5 Å². The number of nitrogens with one attached hydrogen (secondary N) is 2. The highest BCUT2D eigenvalue weighted by molar-refractivity contribution is 5.94. The van der Waals surface area contributed by atoms with Gasteiger partial charge in [-0.1, -0.05) is 12.1 Å². The molecule has 1 aliphatic heterocycles. The number of benzene rings is 1. The topological polar surface area (TPSA) is 78.9 Å². The Labute approximate surface area is 205 Å².